The standard InChI is InChI=1S/C16H9F3IN3O/c17-16(18,19)10-4-6-12(7-5-10)24-15-8-14(22-23-15)13-3-1-2-11(9-21)20-13/h1-8H,(H,22,23). The van der Waals surface area contributed by atoms with Gasteiger partial charge in [0.25, 0.3) is 0 Å². The number of ether oxygens (including phenoxy) is 1. The van der Waals surface area contributed by atoms with E-state index in [-0.39, 0.29) is 11.6 Å². The van der Waals surface area contributed by atoms with Gasteiger partial charge in [0.1, 0.15) is 11.8 Å². The molecule has 0 aliphatic carbocycles. The quantitative estimate of drug-likeness (QED) is 0.701. The molecule has 24 heavy (non-hydrogen) atoms. The van der Waals surface area contributed by atoms with Crippen LogP contribution in [0.25, 0.3) is 0 Å². The number of aromatic nitrogens is 2. The monoisotopic (exact) mass is 443 g/mol. The van der Waals surface area contributed by atoms with E-state index in [0.29, 0.717) is 0 Å². The second-order valence-electron chi connectivity index (χ2n) is 4.67. The Bertz CT molecular complexity index is 887. The Morgan fingerprint density at radius 2 is 1.96 bits per heavy atom. The van der Waals surface area contributed by atoms with Crippen LogP contribution in [-0.2, 0) is 6.18 Å². The summed E-state index contributed by atoms with van der Waals surface area (Å²) in [7, 11) is 0. The summed E-state index contributed by atoms with van der Waals surface area (Å²) >= 11 is -0.583. The first kappa shape index (κ1) is 16.4. The maximum atomic E-state index is 12.5. The molecule has 2 aromatic rings. The summed E-state index contributed by atoms with van der Waals surface area (Å²) in [5, 5.41) is 15.8. The lowest BCUT2D eigenvalue weighted by atomic mass is 10.2. The molecule has 1 aromatic carbocycles. The van der Waals surface area contributed by atoms with Crippen LogP contribution >= 0.6 is 20.7 Å². The summed E-state index contributed by atoms with van der Waals surface area (Å²) in [5.41, 5.74) is 0.00264. The normalized spacial score (nSPS) is 14.2. The van der Waals surface area contributed by atoms with Crippen LogP contribution in [0, 0.1) is 11.3 Å². The molecule has 2 heterocycles. The molecular formula is C16H9F3IN3O. The van der Waals surface area contributed by atoms with Gasteiger partial charge in [-0.25, -0.2) is 0 Å². The molecule has 3 rings (SSSR count). The maximum Gasteiger partial charge on any atom is 0.416 e. The van der Waals surface area contributed by atoms with Crippen molar-refractivity contribution < 1.29 is 17.9 Å². The van der Waals surface area contributed by atoms with E-state index < -0.39 is 32.5 Å². The predicted molar refractivity (Wildman–Crippen MR) is 91.1 cm³/mol. The molecule has 0 atom stereocenters. The summed E-state index contributed by atoms with van der Waals surface area (Å²) in [4.78, 5) is 0. The van der Waals surface area contributed by atoms with Gasteiger partial charge in [0, 0.05) is 9.58 Å². The molecule has 0 fully saturated rings. The van der Waals surface area contributed by atoms with Crippen molar-refractivity contribution in [3.05, 3.63) is 63.4 Å². The highest BCUT2D eigenvalue weighted by molar-refractivity contribution is 14.2. The molecule has 1 aliphatic rings. The van der Waals surface area contributed by atoms with Crippen molar-refractivity contribution in [2.75, 3.05) is 0 Å². The SMILES string of the molecule is N#CC1=CC=CC(c2cc(Oc3ccc(C(F)(F)F)cc3)n[nH]2)=I1. The molecule has 0 amide bonds. The molecule has 0 spiro atoms. The van der Waals surface area contributed by atoms with E-state index >= 15 is 0 Å². The van der Waals surface area contributed by atoms with Gasteiger partial charge in [0.2, 0.25) is 5.88 Å². The minimum atomic E-state index is -4.38. The Morgan fingerprint density at radius 3 is 2.62 bits per heavy atom. The Labute approximate surface area is 145 Å². The predicted octanol–water partition coefficient (Wildman–Crippen LogP) is 4.69. The third-order valence-electron chi connectivity index (χ3n) is 3.01. The Hall–Kier alpha value is -2.41. The minimum absolute atomic E-state index is 0.253. The lowest BCUT2D eigenvalue weighted by Crippen LogP contribution is -2.03. The first-order valence-corrected chi connectivity index (χ1v) is 8.82. The molecule has 1 aromatic heterocycles. The second-order valence-corrected chi connectivity index (χ2v) is 7.54. The van der Waals surface area contributed by atoms with Crippen LogP contribution in [0.15, 0.2) is 52.1 Å². The Kier molecular flexibility index (Phi) is 4.53. The average Bonchev–Trinajstić information content (AvgIpc) is 3.03. The highest BCUT2D eigenvalue weighted by Crippen LogP contribution is 2.31. The highest BCUT2D eigenvalue weighted by Gasteiger charge is 2.30. The Morgan fingerprint density at radius 1 is 1.21 bits per heavy atom. The maximum absolute atomic E-state index is 12.5. The van der Waals surface area contributed by atoms with Gasteiger partial charge in [-0.3, -0.25) is 5.10 Å². The van der Waals surface area contributed by atoms with Crippen LogP contribution in [0.3, 0.4) is 0 Å². The summed E-state index contributed by atoms with van der Waals surface area (Å²) in [5.74, 6) is 0.514. The number of benzene rings is 1. The fourth-order valence-corrected chi connectivity index (χ4v) is 3.99. The van der Waals surface area contributed by atoms with E-state index in [4.69, 9.17) is 10.00 Å². The van der Waals surface area contributed by atoms with Gasteiger partial charge in [-0.2, -0.15) is 18.4 Å². The van der Waals surface area contributed by atoms with Crippen molar-refractivity contribution >= 4 is 24.2 Å². The fraction of sp³-hybridized carbons (Fsp3) is 0.0625. The van der Waals surface area contributed by atoms with Crippen LogP contribution in [0.1, 0.15) is 11.3 Å². The number of halogens is 4. The number of nitriles is 1. The zero-order valence-electron chi connectivity index (χ0n) is 11.9. The van der Waals surface area contributed by atoms with Gasteiger partial charge in [0.15, 0.2) is 0 Å². The number of nitrogens with zero attached hydrogens (tertiary/aromatic N) is 2. The number of allylic oxidation sites excluding steroid dienone is 4. The van der Waals surface area contributed by atoms with E-state index in [1.165, 1.54) is 12.1 Å². The van der Waals surface area contributed by atoms with E-state index in [9.17, 15) is 13.2 Å². The number of alkyl halides is 3. The third kappa shape index (κ3) is 3.73. The number of hydrogen-bond acceptors (Lipinski definition) is 3. The minimum Gasteiger partial charge on any atom is -0.438 e. The third-order valence-corrected chi connectivity index (χ3v) is 5.71. The number of H-pyrrole nitrogens is 1. The van der Waals surface area contributed by atoms with Gasteiger partial charge >= 0.3 is 6.18 Å². The zero-order chi connectivity index (χ0) is 17.2. The molecular weight excluding hydrogens is 434 g/mol. The zero-order valence-corrected chi connectivity index (χ0v) is 14.1. The summed E-state index contributed by atoms with van der Waals surface area (Å²) in [6.07, 6.45) is 1.11. The largest absolute Gasteiger partial charge is 0.438 e. The summed E-state index contributed by atoms with van der Waals surface area (Å²) in [6.45, 7) is 0. The molecule has 1 aliphatic heterocycles. The number of aromatic amines is 1. The molecule has 122 valence electrons. The van der Waals surface area contributed by atoms with E-state index in [1.54, 1.807) is 18.2 Å². The number of hydrogen-bond donors (Lipinski definition) is 1. The van der Waals surface area contributed by atoms with E-state index in [1.807, 2.05) is 6.08 Å². The van der Waals surface area contributed by atoms with Crippen molar-refractivity contribution in [2.45, 2.75) is 6.18 Å². The van der Waals surface area contributed by atoms with Crippen molar-refractivity contribution in [3.8, 4) is 17.7 Å². The van der Waals surface area contributed by atoms with E-state index in [0.717, 1.165) is 24.9 Å². The molecule has 1 N–H and O–H groups in total. The fourth-order valence-electron chi connectivity index (χ4n) is 1.90. The van der Waals surface area contributed by atoms with Crippen LogP contribution in [0.4, 0.5) is 13.2 Å². The lowest BCUT2D eigenvalue weighted by Gasteiger charge is -2.07. The molecule has 0 unspecified atom stereocenters. The van der Waals surface area contributed by atoms with Crippen molar-refractivity contribution in [1.29, 1.82) is 5.26 Å². The van der Waals surface area contributed by atoms with Crippen molar-refractivity contribution in [1.82, 2.24) is 10.2 Å². The molecule has 8 heteroatoms. The van der Waals surface area contributed by atoms with Crippen LogP contribution in [-0.4, -0.2) is 13.7 Å². The van der Waals surface area contributed by atoms with Gasteiger partial charge in [-0.05, 0) is 36.4 Å². The van der Waals surface area contributed by atoms with Crippen LogP contribution in [0.5, 0.6) is 11.6 Å². The summed E-state index contributed by atoms with van der Waals surface area (Å²) < 4.78 is 44.8. The van der Waals surface area contributed by atoms with Crippen LogP contribution in [0.2, 0.25) is 0 Å². The smallest absolute Gasteiger partial charge is 0.416 e. The number of nitrogens with one attached hydrogen (secondary N) is 1. The first-order chi connectivity index (χ1) is 11.5. The van der Waals surface area contributed by atoms with Gasteiger partial charge in [-0.1, -0.05) is 26.8 Å². The summed E-state index contributed by atoms with van der Waals surface area (Å²) in [6, 6.07) is 8.21. The average molecular weight is 443 g/mol. The second kappa shape index (κ2) is 6.60. The highest BCUT2D eigenvalue weighted by atomic mass is 127. The van der Waals surface area contributed by atoms with Crippen LogP contribution < -0.4 is 4.74 Å². The van der Waals surface area contributed by atoms with Gasteiger partial charge < -0.3 is 4.74 Å². The van der Waals surface area contributed by atoms with E-state index in [2.05, 4.69) is 16.3 Å². The lowest BCUT2D eigenvalue weighted by molar-refractivity contribution is -0.137. The van der Waals surface area contributed by atoms with Gasteiger partial charge in [-0.15, -0.1) is 5.10 Å². The van der Waals surface area contributed by atoms with Gasteiger partial charge in [0.05, 0.1) is 14.8 Å². The molecule has 4 nitrogen and oxygen atoms in total. The topological polar surface area (TPSA) is 61.7 Å². The Balaban J connectivity index is 1.75. The molecule has 0 bridgehead atoms. The molecule has 0 saturated heterocycles. The van der Waals surface area contributed by atoms with Crippen molar-refractivity contribution in [3.63, 3.8) is 0 Å². The first-order valence-electron chi connectivity index (χ1n) is 6.67. The molecule has 0 radical (unpaired) electrons. The number of rotatable bonds is 3. The van der Waals surface area contributed by atoms with Crippen molar-refractivity contribution in [2.24, 2.45) is 0 Å². The molecule has 0 saturated carbocycles.